The number of para-hydroxylation sites is 1. The maximum absolute atomic E-state index is 13.3. The van der Waals surface area contributed by atoms with E-state index < -0.39 is 0 Å². The Bertz CT molecular complexity index is 1640. The molecule has 0 spiro atoms. The van der Waals surface area contributed by atoms with Crippen LogP contribution in [-0.2, 0) is 20.1 Å². The molecule has 0 aliphatic carbocycles. The van der Waals surface area contributed by atoms with Crippen molar-refractivity contribution in [3.63, 3.8) is 0 Å². The first kappa shape index (κ1) is 24.0. The molecule has 1 N–H and O–H groups in total. The molecule has 0 fully saturated rings. The molecule has 184 valence electrons. The Morgan fingerprint density at radius 2 is 1.75 bits per heavy atom. The van der Waals surface area contributed by atoms with Crippen LogP contribution in [0.4, 0.5) is 11.5 Å². The number of halogens is 1. The van der Waals surface area contributed by atoms with Crippen LogP contribution >= 0.6 is 22.6 Å². The monoisotopic (exact) mass is 595 g/mol. The molecule has 0 amide bonds. The number of aromatic nitrogens is 6. The lowest BCUT2D eigenvalue weighted by Crippen LogP contribution is -2.38. The molecule has 0 unspecified atom stereocenters. The normalized spacial score (nSPS) is 11.5. The van der Waals surface area contributed by atoms with Gasteiger partial charge in [-0.2, -0.15) is 5.10 Å². The zero-order valence-corrected chi connectivity index (χ0v) is 22.4. The largest absolute Gasteiger partial charge is 0.340 e. The van der Waals surface area contributed by atoms with E-state index in [9.17, 15) is 9.59 Å². The first-order valence-corrected chi connectivity index (χ1v) is 12.7. The number of fused-ring (bicyclic) bond motifs is 1. The van der Waals surface area contributed by atoms with Gasteiger partial charge in [0.15, 0.2) is 5.65 Å². The molecule has 9 nitrogen and oxygen atoms in total. The van der Waals surface area contributed by atoms with E-state index in [1.165, 1.54) is 7.05 Å². The lowest BCUT2D eigenvalue weighted by Gasteiger charge is -2.12. The zero-order chi connectivity index (χ0) is 25.4. The molecule has 2 aromatic carbocycles. The van der Waals surface area contributed by atoms with Crippen LogP contribution < -0.4 is 16.6 Å². The van der Waals surface area contributed by atoms with E-state index in [2.05, 4.69) is 32.9 Å². The molecule has 36 heavy (non-hydrogen) atoms. The summed E-state index contributed by atoms with van der Waals surface area (Å²) in [5, 5.41) is 8.57. The highest BCUT2D eigenvalue weighted by molar-refractivity contribution is 14.1. The fourth-order valence-corrected chi connectivity index (χ4v) is 4.60. The van der Waals surface area contributed by atoms with Crippen molar-refractivity contribution in [1.82, 2.24) is 28.5 Å². The van der Waals surface area contributed by atoms with Gasteiger partial charge in [0, 0.05) is 31.2 Å². The number of imidazole rings is 1. The van der Waals surface area contributed by atoms with Crippen LogP contribution in [0.2, 0.25) is 0 Å². The summed E-state index contributed by atoms with van der Waals surface area (Å²) in [6, 6.07) is 17.7. The third-order valence-corrected chi connectivity index (χ3v) is 6.49. The molecule has 5 aromatic rings. The van der Waals surface area contributed by atoms with Gasteiger partial charge in [-0.05, 0) is 58.3 Å². The summed E-state index contributed by atoms with van der Waals surface area (Å²) < 4.78 is 7.41. The number of nitrogens with zero attached hydrogens (tertiary/aromatic N) is 6. The van der Waals surface area contributed by atoms with E-state index in [1.807, 2.05) is 79.2 Å². The summed E-state index contributed by atoms with van der Waals surface area (Å²) in [4.78, 5) is 30.6. The van der Waals surface area contributed by atoms with Gasteiger partial charge in [0.2, 0.25) is 0 Å². The number of nitrogens with one attached hydrogen (secondary N) is 1. The molecule has 3 heterocycles. The smallest absolute Gasteiger partial charge is 0.332 e. The van der Waals surface area contributed by atoms with Gasteiger partial charge in [-0.25, -0.2) is 14.5 Å². The third-order valence-electron chi connectivity index (χ3n) is 5.93. The number of benzene rings is 2. The van der Waals surface area contributed by atoms with E-state index >= 15 is 0 Å². The topological polar surface area (TPSA) is 91.7 Å². The number of rotatable bonds is 7. The standard InChI is InChI=1S/C26H26IN7O2/c1-17(2)13-33-24-22(25(35)31(3)26(33)36)23(29-19-7-5-4-6-8-19)34(30-24)14-18-9-11-20(12-10-18)32-15-21(27)28-16-32/h4-12,15-17,29H,13-14H2,1-3H3. The Morgan fingerprint density at radius 3 is 2.39 bits per heavy atom. The molecule has 0 saturated heterocycles. The fraction of sp³-hybridized carbons (Fsp3) is 0.231. The van der Waals surface area contributed by atoms with Crippen molar-refractivity contribution < 1.29 is 0 Å². The van der Waals surface area contributed by atoms with Gasteiger partial charge in [-0.15, -0.1) is 0 Å². The third kappa shape index (κ3) is 4.60. The molecule has 10 heteroatoms. The van der Waals surface area contributed by atoms with Gasteiger partial charge >= 0.3 is 5.69 Å². The second-order valence-electron chi connectivity index (χ2n) is 9.12. The first-order valence-electron chi connectivity index (χ1n) is 11.6. The van der Waals surface area contributed by atoms with Gasteiger partial charge in [-0.3, -0.25) is 13.9 Å². The summed E-state index contributed by atoms with van der Waals surface area (Å²) >= 11 is 2.18. The highest BCUT2D eigenvalue weighted by Crippen LogP contribution is 2.25. The van der Waals surface area contributed by atoms with Gasteiger partial charge in [-0.1, -0.05) is 44.2 Å². The number of hydrogen-bond donors (Lipinski definition) is 1. The summed E-state index contributed by atoms with van der Waals surface area (Å²) in [5.74, 6) is 0.764. The van der Waals surface area contributed by atoms with Crippen LogP contribution in [-0.4, -0.2) is 28.5 Å². The van der Waals surface area contributed by atoms with E-state index in [0.717, 1.165) is 25.2 Å². The maximum atomic E-state index is 13.3. The minimum absolute atomic E-state index is 0.206. The Kier molecular flexibility index (Phi) is 6.52. The van der Waals surface area contributed by atoms with E-state index in [1.54, 1.807) is 15.6 Å². The maximum Gasteiger partial charge on any atom is 0.332 e. The summed E-state index contributed by atoms with van der Waals surface area (Å²) in [7, 11) is 1.51. The Hall–Kier alpha value is -3.67. The molecule has 0 saturated carbocycles. The van der Waals surface area contributed by atoms with Crippen molar-refractivity contribution in [1.29, 1.82) is 0 Å². The van der Waals surface area contributed by atoms with Crippen molar-refractivity contribution >= 4 is 45.1 Å². The lowest BCUT2D eigenvalue weighted by molar-refractivity contribution is 0.498. The molecule has 5 rings (SSSR count). The average molecular weight is 595 g/mol. The van der Waals surface area contributed by atoms with Crippen molar-refractivity contribution in [2.75, 3.05) is 5.32 Å². The zero-order valence-electron chi connectivity index (χ0n) is 20.2. The highest BCUT2D eigenvalue weighted by atomic mass is 127. The molecule has 0 aliphatic rings. The Morgan fingerprint density at radius 1 is 1.03 bits per heavy atom. The van der Waals surface area contributed by atoms with Crippen molar-refractivity contribution in [2.45, 2.75) is 26.9 Å². The van der Waals surface area contributed by atoms with Crippen LogP contribution in [0.3, 0.4) is 0 Å². The van der Waals surface area contributed by atoms with E-state index in [0.29, 0.717) is 29.9 Å². The van der Waals surface area contributed by atoms with Crippen LogP contribution in [0.5, 0.6) is 0 Å². The molecule has 0 aliphatic heterocycles. The summed E-state index contributed by atoms with van der Waals surface area (Å²) in [6.07, 6.45) is 3.74. The van der Waals surface area contributed by atoms with Crippen LogP contribution in [0.1, 0.15) is 19.4 Å². The van der Waals surface area contributed by atoms with Crippen molar-refractivity contribution in [2.24, 2.45) is 13.0 Å². The fourth-order valence-electron chi connectivity index (χ4n) is 4.18. The molecular formula is C26H26IN7O2. The van der Waals surface area contributed by atoms with Crippen LogP contribution in [0, 0.1) is 9.62 Å². The van der Waals surface area contributed by atoms with E-state index in [4.69, 9.17) is 5.10 Å². The minimum atomic E-state index is -0.371. The molecule has 3 aromatic heterocycles. The number of anilines is 2. The first-order chi connectivity index (χ1) is 17.3. The van der Waals surface area contributed by atoms with Crippen molar-refractivity contribution in [3.05, 3.63) is 97.2 Å². The molecule has 0 atom stereocenters. The quantitative estimate of drug-likeness (QED) is 0.286. The van der Waals surface area contributed by atoms with Gasteiger partial charge in [0.1, 0.15) is 21.2 Å². The summed E-state index contributed by atoms with van der Waals surface area (Å²) in [5.41, 5.74) is 2.49. The van der Waals surface area contributed by atoms with Crippen LogP contribution in [0.15, 0.2) is 76.7 Å². The van der Waals surface area contributed by atoms with Gasteiger partial charge < -0.3 is 9.88 Å². The van der Waals surface area contributed by atoms with Crippen LogP contribution in [0.25, 0.3) is 16.7 Å². The van der Waals surface area contributed by atoms with Crippen molar-refractivity contribution in [3.8, 4) is 5.69 Å². The second-order valence-corrected chi connectivity index (χ2v) is 10.2. The lowest BCUT2D eigenvalue weighted by atomic mass is 10.2. The SMILES string of the molecule is CC(C)Cn1c(=O)n(C)c(=O)c2c(Nc3ccccc3)n(Cc3ccc(-n4cnc(I)c4)cc3)nc21. The van der Waals surface area contributed by atoms with Gasteiger partial charge in [0.05, 0.1) is 6.54 Å². The minimum Gasteiger partial charge on any atom is -0.340 e. The van der Waals surface area contributed by atoms with Gasteiger partial charge in [0.25, 0.3) is 5.56 Å². The highest BCUT2D eigenvalue weighted by Gasteiger charge is 2.22. The molecule has 0 bridgehead atoms. The Labute approximate surface area is 221 Å². The predicted molar refractivity (Wildman–Crippen MR) is 149 cm³/mol. The van der Waals surface area contributed by atoms with E-state index in [-0.39, 0.29) is 17.2 Å². The summed E-state index contributed by atoms with van der Waals surface area (Å²) in [6.45, 7) is 4.95. The molecule has 0 radical (unpaired) electrons. The average Bonchev–Trinajstić information content (AvgIpc) is 3.45. The second kappa shape index (κ2) is 9.76. The predicted octanol–water partition coefficient (Wildman–Crippen LogP) is 4.13. The Balaban J connectivity index is 1.63. The number of hydrogen-bond acceptors (Lipinski definition) is 5. The molecular weight excluding hydrogens is 569 g/mol.